The Bertz CT molecular complexity index is 1050. The molecule has 0 amide bonds. The molecule has 1 aromatic heterocycles. The number of pyridine rings is 1. The van der Waals surface area contributed by atoms with Crippen LogP contribution in [-0.2, 0) is 14.3 Å². The van der Waals surface area contributed by atoms with E-state index in [1.54, 1.807) is 13.8 Å². The van der Waals surface area contributed by atoms with Crippen LogP contribution in [0.15, 0.2) is 47.1 Å². The number of rotatable bonds is 3. The molecular weight excluding hydrogens is 366 g/mol. The third kappa shape index (κ3) is 3.34. The predicted molar refractivity (Wildman–Crippen MR) is 101 cm³/mol. The quantitative estimate of drug-likeness (QED) is 0.638. The fourth-order valence-corrected chi connectivity index (χ4v) is 3.39. The second kappa shape index (κ2) is 7.29. The van der Waals surface area contributed by atoms with Gasteiger partial charge in [-0.25, -0.2) is 9.78 Å². The van der Waals surface area contributed by atoms with Gasteiger partial charge < -0.3 is 15.2 Å². The average Bonchev–Trinajstić information content (AvgIpc) is 2.60. The Morgan fingerprint density at radius 3 is 2.81 bits per heavy atom. The summed E-state index contributed by atoms with van der Waals surface area (Å²) >= 11 is 6.45. The van der Waals surface area contributed by atoms with E-state index in [1.807, 2.05) is 37.3 Å². The van der Waals surface area contributed by atoms with Crippen LogP contribution in [0.25, 0.3) is 10.9 Å². The van der Waals surface area contributed by atoms with Gasteiger partial charge in [0.15, 0.2) is 0 Å². The van der Waals surface area contributed by atoms with Gasteiger partial charge in [-0.15, -0.1) is 0 Å². The van der Waals surface area contributed by atoms with Gasteiger partial charge in [0, 0.05) is 10.9 Å². The Labute approximate surface area is 161 Å². The summed E-state index contributed by atoms with van der Waals surface area (Å²) in [5.74, 6) is -1.18. The van der Waals surface area contributed by atoms with Crippen LogP contribution in [0.5, 0.6) is 0 Å². The number of carbonyl (C=O) groups excluding carboxylic acids is 1. The maximum absolute atomic E-state index is 12.6. The van der Waals surface area contributed by atoms with E-state index in [4.69, 9.17) is 26.8 Å². The molecule has 1 aromatic carbocycles. The summed E-state index contributed by atoms with van der Waals surface area (Å²) in [6.07, 6.45) is 0. The minimum atomic E-state index is -0.812. The number of carbonyl (C=O) groups is 1. The van der Waals surface area contributed by atoms with Gasteiger partial charge in [-0.2, -0.15) is 5.26 Å². The Hall–Kier alpha value is -3.04. The van der Waals surface area contributed by atoms with Gasteiger partial charge in [0.05, 0.1) is 23.6 Å². The molecule has 0 unspecified atom stereocenters. The van der Waals surface area contributed by atoms with Crippen LogP contribution in [0.3, 0.4) is 0 Å². The fourth-order valence-electron chi connectivity index (χ4n) is 3.14. The van der Waals surface area contributed by atoms with E-state index in [9.17, 15) is 10.1 Å². The van der Waals surface area contributed by atoms with Crippen molar-refractivity contribution in [2.45, 2.75) is 26.7 Å². The Morgan fingerprint density at radius 2 is 2.15 bits per heavy atom. The lowest BCUT2D eigenvalue weighted by molar-refractivity contribution is -0.139. The molecule has 1 aliphatic heterocycles. The fraction of sp³-hybridized carbons (Fsp3) is 0.250. The monoisotopic (exact) mass is 383 g/mol. The summed E-state index contributed by atoms with van der Waals surface area (Å²) in [7, 11) is 0. The lowest BCUT2D eigenvalue weighted by atomic mass is 9.83. The van der Waals surface area contributed by atoms with E-state index >= 15 is 0 Å². The Balaban J connectivity index is 2.26. The maximum Gasteiger partial charge on any atom is 0.338 e. The topological polar surface area (TPSA) is 98.2 Å². The summed E-state index contributed by atoms with van der Waals surface area (Å²) in [5, 5.41) is 10.7. The lowest BCUT2D eigenvalue weighted by Crippen LogP contribution is -2.25. The van der Waals surface area contributed by atoms with Crippen molar-refractivity contribution >= 4 is 28.5 Å². The number of benzene rings is 1. The first-order valence-corrected chi connectivity index (χ1v) is 8.77. The number of hydrogen-bond donors (Lipinski definition) is 1. The number of esters is 1. The van der Waals surface area contributed by atoms with E-state index in [2.05, 4.69) is 4.98 Å². The molecule has 6 nitrogen and oxygen atoms in total. The number of aromatic nitrogens is 1. The number of nitriles is 1. The summed E-state index contributed by atoms with van der Waals surface area (Å²) in [5.41, 5.74) is 8.48. The van der Waals surface area contributed by atoms with Crippen LogP contribution in [0.2, 0.25) is 5.15 Å². The second-order valence-corrected chi connectivity index (χ2v) is 6.54. The van der Waals surface area contributed by atoms with Crippen molar-refractivity contribution in [3.63, 3.8) is 0 Å². The normalized spacial score (nSPS) is 16.9. The van der Waals surface area contributed by atoms with Crippen LogP contribution >= 0.6 is 11.6 Å². The number of ether oxygens (including phenoxy) is 2. The Morgan fingerprint density at radius 1 is 1.41 bits per heavy atom. The molecule has 1 atom stereocenters. The van der Waals surface area contributed by atoms with E-state index in [0.29, 0.717) is 5.56 Å². The summed E-state index contributed by atoms with van der Waals surface area (Å²) in [4.78, 5) is 17.0. The maximum atomic E-state index is 12.6. The first-order chi connectivity index (χ1) is 12.9. The number of nitrogens with zero attached hydrogens (tertiary/aromatic N) is 2. The van der Waals surface area contributed by atoms with Gasteiger partial charge >= 0.3 is 5.97 Å². The number of allylic oxidation sites excluding steroid dienone is 2. The SMILES string of the molecule is CCOC(=O)C1=C(C)OC(N)=C(C#N)[C@@H]1c1cc2ccc(C)cc2nc1Cl. The smallest absolute Gasteiger partial charge is 0.338 e. The van der Waals surface area contributed by atoms with Gasteiger partial charge in [-0.3, -0.25) is 0 Å². The van der Waals surface area contributed by atoms with Crippen molar-refractivity contribution in [3.8, 4) is 6.07 Å². The van der Waals surface area contributed by atoms with Gasteiger partial charge in [0.1, 0.15) is 22.6 Å². The minimum Gasteiger partial charge on any atom is -0.463 e. The lowest BCUT2D eigenvalue weighted by Gasteiger charge is -2.27. The van der Waals surface area contributed by atoms with Crippen molar-refractivity contribution in [1.29, 1.82) is 5.26 Å². The van der Waals surface area contributed by atoms with E-state index in [1.165, 1.54) is 0 Å². The highest BCUT2D eigenvalue weighted by Crippen LogP contribution is 2.42. The molecule has 0 aliphatic carbocycles. The van der Waals surface area contributed by atoms with Crippen molar-refractivity contribution in [2.24, 2.45) is 5.73 Å². The van der Waals surface area contributed by atoms with Crippen molar-refractivity contribution < 1.29 is 14.3 Å². The number of fused-ring (bicyclic) bond motifs is 1. The summed E-state index contributed by atoms with van der Waals surface area (Å²) in [6, 6.07) is 9.63. The number of aryl methyl sites for hydroxylation is 1. The minimum absolute atomic E-state index is 0.0619. The van der Waals surface area contributed by atoms with E-state index in [0.717, 1.165) is 16.5 Å². The first kappa shape index (κ1) is 18.7. The molecule has 2 aromatic rings. The van der Waals surface area contributed by atoms with E-state index in [-0.39, 0.29) is 34.5 Å². The molecular formula is C20H18ClN3O3. The Kier molecular flexibility index (Phi) is 5.06. The van der Waals surface area contributed by atoms with Gasteiger partial charge in [-0.05, 0) is 38.5 Å². The molecule has 0 bridgehead atoms. The predicted octanol–water partition coefficient (Wildman–Crippen LogP) is 3.84. The highest BCUT2D eigenvalue weighted by Gasteiger charge is 2.37. The standard InChI is InChI=1S/C20H18ClN3O3/c1-4-26-20(25)16-11(3)27-19(23)14(9-22)17(16)13-8-12-6-5-10(2)7-15(12)24-18(13)21/h5-8,17H,4,23H2,1-3H3/t17-/m0/s1. The molecule has 0 spiro atoms. The van der Waals surface area contributed by atoms with Crippen LogP contribution in [-0.4, -0.2) is 17.6 Å². The van der Waals surface area contributed by atoms with Crippen LogP contribution < -0.4 is 5.73 Å². The molecule has 0 saturated carbocycles. The molecule has 2 N–H and O–H groups in total. The van der Waals surface area contributed by atoms with E-state index < -0.39 is 11.9 Å². The van der Waals surface area contributed by atoms with Crippen molar-refractivity contribution in [1.82, 2.24) is 4.98 Å². The number of nitrogens with two attached hydrogens (primary N) is 1. The molecule has 0 radical (unpaired) electrons. The van der Waals surface area contributed by atoms with Gasteiger partial charge in [-0.1, -0.05) is 23.7 Å². The third-order valence-corrected chi connectivity index (χ3v) is 4.67. The average molecular weight is 384 g/mol. The molecule has 0 saturated heterocycles. The van der Waals surface area contributed by atoms with Gasteiger partial charge in [0.2, 0.25) is 5.88 Å². The molecule has 2 heterocycles. The highest BCUT2D eigenvalue weighted by atomic mass is 35.5. The summed E-state index contributed by atoms with van der Waals surface area (Å²) < 4.78 is 10.6. The largest absolute Gasteiger partial charge is 0.463 e. The zero-order chi connectivity index (χ0) is 19.7. The molecule has 1 aliphatic rings. The van der Waals surface area contributed by atoms with Crippen LogP contribution in [0.1, 0.15) is 30.9 Å². The first-order valence-electron chi connectivity index (χ1n) is 8.39. The zero-order valence-electron chi connectivity index (χ0n) is 15.2. The molecule has 138 valence electrons. The number of hydrogen-bond acceptors (Lipinski definition) is 6. The molecule has 7 heteroatoms. The highest BCUT2D eigenvalue weighted by molar-refractivity contribution is 6.30. The molecule has 0 fully saturated rings. The molecule has 3 rings (SSSR count). The van der Waals surface area contributed by atoms with Crippen molar-refractivity contribution in [2.75, 3.05) is 6.61 Å². The third-order valence-electron chi connectivity index (χ3n) is 4.37. The second-order valence-electron chi connectivity index (χ2n) is 6.18. The number of halogens is 1. The van der Waals surface area contributed by atoms with Crippen LogP contribution in [0, 0.1) is 18.3 Å². The summed E-state index contributed by atoms with van der Waals surface area (Å²) in [6.45, 7) is 5.46. The van der Waals surface area contributed by atoms with Gasteiger partial charge in [0.25, 0.3) is 0 Å². The van der Waals surface area contributed by atoms with Crippen LogP contribution in [0.4, 0.5) is 0 Å². The molecule has 27 heavy (non-hydrogen) atoms. The van der Waals surface area contributed by atoms with Crippen molar-refractivity contribution in [3.05, 3.63) is 63.3 Å². The zero-order valence-corrected chi connectivity index (χ0v) is 15.9.